The van der Waals surface area contributed by atoms with Crippen molar-refractivity contribution in [1.29, 1.82) is 0 Å². The minimum atomic E-state index is 0.0683. The highest BCUT2D eigenvalue weighted by Crippen LogP contribution is 2.35. The lowest BCUT2D eigenvalue weighted by atomic mass is 9.80. The highest BCUT2D eigenvalue weighted by molar-refractivity contribution is 6.35. The summed E-state index contributed by atoms with van der Waals surface area (Å²) in [5.41, 5.74) is 8.42. The molecule has 0 heterocycles. The maximum Gasteiger partial charge on any atom is 0.0484 e. The Hall–Kier alpha value is -1.05. The van der Waals surface area contributed by atoms with E-state index in [0.29, 0.717) is 6.54 Å². The first-order chi connectivity index (χ1) is 7.95. The Labute approximate surface area is 108 Å². The van der Waals surface area contributed by atoms with Gasteiger partial charge in [0.25, 0.3) is 0 Å². The van der Waals surface area contributed by atoms with Crippen LogP contribution in [0.4, 0.5) is 0 Å². The van der Waals surface area contributed by atoms with Crippen molar-refractivity contribution in [3.8, 4) is 0 Å². The molecule has 2 aromatic carbocycles. The van der Waals surface area contributed by atoms with Crippen LogP contribution in [0, 0.1) is 0 Å². The van der Waals surface area contributed by atoms with E-state index >= 15 is 0 Å². The molecule has 0 aliphatic heterocycles. The molecule has 0 aromatic heterocycles. The normalized spacial score (nSPS) is 12.1. The lowest BCUT2D eigenvalue weighted by Gasteiger charge is -2.25. The zero-order valence-corrected chi connectivity index (χ0v) is 11.3. The molecule has 90 valence electrons. The molecule has 0 aliphatic carbocycles. The van der Waals surface area contributed by atoms with E-state index in [0.717, 1.165) is 10.4 Å². The zero-order valence-electron chi connectivity index (χ0n) is 10.5. The topological polar surface area (TPSA) is 26.0 Å². The van der Waals surface area contributed by atoms with Gasteiger partial charge in [0, 0.05) is 17.0 Å². The molecule has 0 radical (unpaired) electrons. The van der Waals surface area contributed by atoms with Crippen LogP contribution < -0.4 is 5.73 Å². The average Bonchev–Trinajstić information content (AvgIpc) is 2.26. The van der Waals surface area contributed by atoms with Gasteiger partial charge in [0.2, 0.25) is 0 Å². The van der Waals surface area contributed by atoms with Gasteiger partial charge in [0.05, 0.1) is 0 Å². The summed E-state index contributed by atoms with van der Waals surface area (Å²) in [4.78, 5) is 0. The minimum absolute atomic E-state index is 0.0683. The van der Waals surface area contributed by atoms with Crippen LogP contribution >= 0.6 is 11.6 Å². The lowest BCUT2D eigenvalue weighted by Crippen LogP contribution is -2.16. The molecular weight excluding hydrogens is 230 g/mol. The molecule has 2 heteroatoms. The Bertz CT molecular complexity index is 553. The molecule has 0 bridgehead atoms. The summed E-state index contributed by atoms with van der Waals surface area (Å²) in [5, 5.41) is 3.13. The number of fused-ring (bicyclic) bond motifs is 1. The fraction of sp³-hybridized carbons (Fsp3) is 0.333. The highest BCUT2D eigenvalue weighted by Gasteiger charge is 2.20. The van der Waals surface area contributed by atoms with Crippen molar-refractivity contribution in [3.63, 3.8) is 0 Å². The Morgan fingerprint density at radius 2 is 1.76 bits per heavy atom. The molecule has 2 rings (SSSR count). The van der Waals surface area contributed by atoms with E-state index in [4.69, 9.17) is 17.3 Å². The van der Waals surface area contributed by atoms with Crippen molar-refractivity contribution < 1.29 is 0 Å². The van der Waals surface area contributed by atoms with Crippen LogP contribution in [-0.2, 0) is 12.0 Å². The third-order valence-electron chi connectivity index (χ3n) is 3.06. The van der Waals surface area contributed by atoms with Crippen LogP contribution in [0.2, 0.25) is 5.02 Å². The van der Waals surface area contributed by atoms with Crippen LogP contribution in [-0.4, -0.2) is 0 Å². The number of rotatable bonds is 1. The fourth-order valence-electron chi connectivity index (χ4n) is 2.42. The molecule has 0 aliphatic rings. The first-order valence-electron chi connectivity index (χ1n) is 5.86. The van der Waals surface area contributed by atoms with Crippen molar-refractivity contribution in [3.05, 3.63) is 46.5 Å². The van der Waals surface area contributed by atoms with E-state index in [2.05, 4.69) is 39.0 Å². The maximum absolute atomic E-state index is 6.24. The molecule has 0 saturated heterocycles. The molecular formula is C15H18ClN. The van der Waals surface area contributed by atoms with Gasteiger partial charge in [0.1, 0.15) is 0 Å². The SMILES string of the molecule is CC(C)(C)c1c(CN)ccc2c(Cl)cccc12. The van der Waals surface area contributed by atoms with Crippen molar-refractivity contribution in [2.24, 2.45) is 5.73 Å². The molecule has 2 aromatic rings. The van der Waals surface area contributed by atoms with Gasteiger partial charge in [-0.3, -0.25) is 0 Å². The Morgan fingerprint density at radius 1 is 1.06 bits per heavy atom. The summed E-state index contributed by atoms with van der Waals surface area (Å²) in [6.45, 7) is 7.20. The highest BCUT2D eigenvalue weighted by atomic mass is 35.5. The second-order valence-corrected chi connectivity index (χ2v) is 5.80. The fourth-order valence-corrected chi connectivity index (χ4v) is 2.66. The predicted octanol–water partition coefficient (Wildman–Crippen LogP) is 4.25. The Balaban J connectivity index is 2.89. The maximum atomic E-state index is 6.24. The average molecular weight is 248 g/mol. The van der Waals surface area contributed by atoms with E-state index in [1.165, 1.54) is 16.5 Å². The quantitative estimate of drug-likeness (QED) is 0.801. The minimum Gasteiger partial charge on any atom is -0.326 e. The number of halogens is 1. The van der Waals surface area contributed by atoms with Gasteiger partial charge in [-0.1, -0.05) is 56.6 Å². The van der Waals surface area contributed by atoms with Gasteiger partial charge in [-0.15, -0.1) is 0 Å². The molecule has 0 fully saturated rings. The van der Waals surface area contributed by atoms with Crippen LogP contribution in [0.3, 0.4) is 0 Å². The van der Waals surface area contributed by atoms with Gasteiger partial charge < -0.3 is 5.73 Å². The second kappa shape index (κ2) is 4.32. The Kier molecular flexibility index (Phi) is 3.15. The number of hydrogen-bond acceptors (Lipinski definition) is 1. The third kappa shape index (κ3) is 2.18. The summed E-state index contributed by atoms with van der Waals surface area (Å²) in [6.07, 6.45) is 0. The zero-order chi connectivity index (χ0) is 12.6. The summed E-state index contributed by atoms with van der Waals surface area (Å²) in [7, 11) is 0. The van der Waals surface area contributed by atoms with E-state index in [1.807, 2.05) is 12.1 Å². The number of benzene rings is 2. The smallest absolute Gasteiger partial charge is 0.0484 e. The van der Waals surface area contributed by atoms with E-state index in [-0.39, 0.29) is 5.41 Å². The molecule has 2 N–H and O–H groups in total. The summed E-state index contributed by atoms with van der Waals surface area (Å²) in [5.74, 6) is 0. The van der Waals surface area contributed by atoms with Gasteiger partial charge in [0.15, 0.2) is 0 Å². The summed E-state index contributed by atoms with van der Waals surface area (Å²) >= 11 is 6.24. The van der Waals surface area contributed by atoms with Gasteiger partial charge in [-0.25, -0.2) is 0 Å². The van der Waals surface area contributed by atoms with Gasteiger partial charge in [-0.05, 0) is 28.0 Å². The van der Waals surface area contributed by atoms with Crippen LogP contribution in [0.15, 0.2) is 30.3 Å². The van der Waals surface area contributed by atoms with Crippen molar-refractivity contribution in [2.75, 3.05) is 0 Å². The van der Waals surface area contributed by atoms with Crippen LogP contribution in [0.25, 0.3) is 10.8 Å². The van der Waals surface area contributed by atoms with Crippen LogP contribution in [0.1, 0.15) is 31.9 Å². The van der Waals surface area contributed by atoms with E-state index in [1.54, 1.807) is 0 Å². The van der Waals surface area contributed by atoms with E-state index < -0.39 is 0 Å². The monoisotopic (exact) mass is 247 g/mol. The number of nitrogens with two attached hydrogens (primary N) is 1. The van der Waals surface area contributed by atoms with Crippen molar-refractivity contribution in [2.45, 2.75) is 32.7 Å². The van der Waals surface area contributed by atoms with Gasteiger partial charge in [-0.2, -0.15) is 0 Å². The van der Waals surface area contributed by atoms with Crippen molar-refractivity contribution >= 4 is 22.4 Å². The predicted molar refractivity (Wildman–Crippen MR) is 75.5 cm³/mol. The molecule has 0 unspecified atom stereocenters. The molecule has 0 spiro atoms. The van der Waals surface area contributed by atoms with Crippen LogP contribution in [0.5, 0.6) is 0 Å². The molecule has 0 amide bonds. The Morgan fingerprint density at radius 3 is 2.35 bits per heavy atom. The molecule has 1 nitrogen and oxygen atoms in total. The molecule has 0 atom stereocenters. The lowest BCUT2D eigenvalue weighted by molar-refractivity contribution is 0.588. The first-order valence-corrected chi connectivity index (χ1v) is 6.23. The third-order valence-corrected chi connectivity index (χ3v) is 3.39. The second-order valence-electron chi connectivity index (χ2n) is 5.39. The summed E-state index contributed by atoms with van der Waals surface area (Å²) in [6, 6.07) is 10.2. The standard InChI is InChI=1S/C15H18ClN/c1-15(2,3)14-10(9-17)7-8-11-12(14)5-4-6-13(11)16/h4-8H,9,17H2,1-3H3. The first kappa shape index (κ1) is 12.4. The van der Waals surface area contributed by atoms with Gasteiger partial charge >= 0.3 is 0 Å². The largest absolute Gasteiger partial charge is 0.326 e. The number of hydrogen-bond donors (Lipinski definition) is 1. The summed E-state index contributed by atoms with van der Waals surface area (Å²) < 4.78 is 0. The van der Waals surface area contributed by atoms with Crippen molar-refractivity contribution in [1.82, 2.24) is 0 Å². The van der Waals surface area contributed by atoms with E-state index in [9.17, 15) is 0 Å². The molecule has 0 saturated carbocycles. The molecule has 17 heavy (non-hydrogen) atoms.